The van der Waals surface area contributed by atoms with Crippen molar-refractivity contribution in [2.75, 3.05) is 13.2 Å². The Balaban J connectivity index is -0.00000000889. The van der Waals surface area contributed by atoms with Crippen LogP contribution in [-0.2, 0) is 21.7 Å². The smallest absolute Gasteiger partial charge is 0.0402 e. The average molecular weight is 176 g/mol. The summed E-state index contributed by atoms with van der Waals surface area (Å²) in [6, 6.07) is 0. The Morgan fingerprint density at radius 3 is 0.889 bits per heavy atom. The zero-order chi connectivity index (χ0) is 5.41. The van der Waals surface area contributed by atoms with Crippen LogP contribution in [-0.4, -0.2) is 34.4 Å². The van der Waals surface area contributed by atoms with Crippen LogP contribution >= 0.6 is 0 Å². The Kier molecular flexibility index (Phi) is 280. The molecule has 9 heavy (non-hydrogen) atoms. The van der Waals surface area contributed by atoms with E-state index in [2.05, 4.69) is 0 Å². The van der Waals surface area contributed by atoms with Gasteiger partial charge in [-0.15, -0.1) is 0 Å². The van der Waals surface area contributed by atoms with E-state index in [1.54, 1.807) is 13.8 Å². The summed E-state index contributed by atoms with van der Waals surface area (Å²) in [5.41, 5.74) is 0. The predicted octanol–water partition coefficient (Wildman–Crippen LogP) is -1.65. The number of hydrogen-bond donors (Lipinski definition) is 2. The number of aliphatic hydroxyl groups is 2. The zero-order valence-corrected chi connectivity index (χ0v) is 7.37. The van der Waals surface area contributed by atoms with Crippen LogP contribution < -0.4 is 0 Å². The largest absolute Gasteiger partial charge is 0.412 e. The van der Waals surface area contributed by atoms with Crippen molar-refractivity contribution in [2.24, 2.45) is 0 Å². The van der Waals surface area contributed by atoms with Crippen molar-refractivity contribution in [2.45, 2.75) is 13.8 Å². The Morgan fingerprint density at radius 2 is 0.889 bits per heavy atom. The van der Waals surface area contributed by atoms with Crippen LogP contribution in [0.5, 0.6) is 0 Å². The summed E-state index contributed by atoms with van der Waals surface area (Å²) in [7, 11) is 0. The van der Waals surface area contributed by atoms with E-state index in [1.165, 1.54) is 0 Å². The molecule has 0 aliphatic rings. The number of aliphatic hydroxyl groups excluding tert-OH is 2. The van der Waals surface area contributed by atoms with E-state index in [0.29, 0.717) is 0 Å². The molecule has 0 aromatic heterocycles. The fraction of sp³-hybridized carbons (Fsp3) is 1.00. The van der Waals surface area contributed by atoms with Crippen LogP contribution in [0.25, 0.3) is 0 Å². The second kappa shape index (κ2) is 74.8. The van der Waals surface area contributed by atoms with Crippen LogP contribution in [0.2, 0.25) is 0 Å². The molecular formula is C4H16O4Ti. The minimum Gasteiger partial charge on any atom is -0.412 e. The molecule has 60 valence electrons. The van der Waals surface area contributed by atoms with Gasteiger partial charge in [0.2, 0.25) is 0 Å². The molecule has 0 atom stereocenters. The van der Waals surface area contributed by atoms with Crippen LogP contribution in [0.15, 0.2) is 0 Å². The molecular weight excluding hydrogens is 160 g/mol. The first kappa shape index (κ1) is 33.7. The van der Waals surface area contributed by atoms with Gasteiger partial charge in [-0.2, -0.15) is 0 Å². The molecule has 0 aromatic carbocycles. The van der Waals surface area contributed by atoms with E-state index in [9.17, 15) is 0 Å². The first-order chi connectivity index (χ1) is 2.83. The van der Waals surface area contributed by atoms with E-state index in [1.807, 2.05) is 0 Å². The Morgan fingerprint density at radius 1 is 0.889 bits per heavy atom. The van der Waals surface area contributed by atoms with Crippen molar-refractivity contribution in [1.82, 2.24) is 0 Å². The monoisotopic (exact) mass is 176 g/mol. The number of hydrogen-bond acceptors (Lipinski definition) is 2. The molecule has 6 N–H and O–H groups in total. The number of rotatable bonds is 0. The van der Waals surface area contributed by atoms with Crippen LogP contribution in [0.4, 0.5) is 0 Å². The maximum Gasteiger partial charge on any atom is 0.0402 e. The van der Waals surface area contributed by atoms with E-state index >= 15 is 0 Å². The van der Waals surface area contributed by atoms with E-state index in [4.69, 9.17) is 10.2 Å². The Labute approximate surface area is 70.4 Å². The quantitative estimate of drug-likeness (QED) is 0.431. The molecule has 0 spiro atoms. The average Bonchev–Trinajstić information content (AvgIpc) is 1.39. The van der Waals surface area contributed by atoms with E-state index in [0.717, 1.165) is 0 Å². The molecule has 0 aromatic rings. The van der Waals surface area contributed by atoms with Crippen molar-refractivity contribution in [1.29, 1.82) is 0 Å². The molecule has 4 nitrogen and oxygen atoms in total. The normalized spacial score (nSPS) is 4.00. The third kappa shape index (κ3) is 1200. The van der Waals surface area contributed by atoms with Crippen molar-refractivity contribution in [3.63, 3.8) is 0 Å². The van der Waals surface area contributed by atoms with Gasteiger partial charge in [0.1, 0.15) is 0 Å². The van der Waals surface area contributed by atoms with Gasteiger partial charge in [-0.25, -0.2) is 0 Å². The molecule has 0 aliphatic heterocycles. The fourth-order valence-electron chi connectivity index (χ4n) is 0. The minimum atomic E-state index is 0. The van der Waals surface area contributed by atoms with Gasteiger partial charge in [0.15, 0.2) is 0 Å². The summed E-state index contributed by atoms with van der Waals surface area (Å²) in [6.45, 7) is 3.86. The van der Waals surface area contributed by atoms with Gasteiger partial charge in [0.05, 0.1) is 0 Å². The van der Waals surface area contributed by atoms with Gasteiger partial charge >= 0.3 is 0 Å². The first-order valence-electron chi connectivity index (χ1n) is 2.05. The fourth-order valence-corrected chi connectivity index (χ4v) is 0. The van der Waals surface area contributed by atoms with Crippen molar-refractivity contribution < 1.29 is 42.9 Å². The summed E-state index contributed by atoms with van der Waals surface area (Å²) < 4.78 is 0. The predicted molar refractivity (Wildman–Crippen MR) is 32.7 cm³/mol. The van der Waals surface area contributed by atoms with Gasteiger partial charge in [0, 0.05) is 34.9 Å². The second-order valence-corrected chi connectivity index (χ2v) is 0.632. The Bertz CT molecular complexity index is 14.5. The van der Waals surface area contributed by atoms with Crippen LogP contribution in [0.3, 0.4) is 0 Å². The molecule has 0 amide bonds. The summed E-state index contributed by atoms with van der Waals surface area (Å²) >= 11 is 0. The topological polar surface area (TPSA) is 103 Å². The van der Waals surface area contributed by atoms with Gasteiger partial charge in [-0.3, -0.25) is 0 Å². The van der Waals surface area contributed by atoms with Crippen molar-refractivity contribution >= 4 is 0 Å². The van der Waals surface area contributed by atoms with Crippen LogP contribution in [0, 0.1) is 0 Å². The Hall–Kier alpha value is 0.554. The van der Waals surface area contributed by atoms with Gasteiger partial charge in [-0.05, 0) is 13.8 Å². The molecule has 0 saturated carbocycles. The minimum absolute atomic E-state index is 0. The maximum absolute atomic E-state index is 7.57. The first-order valence-corrected chi connectivity index (χ1v) is 2.05. The summed E-state index contributed by atoms with van der Waals surface area (Å²) in [5, 5.41) is 15.1. The second-order valence-electron chi connectivity index (χ2n) is 0.632. The van der Waals surface area contributed by atoms with E-state index < -0.39 is 0 Å². The maximum atomic E-state index is 7.57. The summed E-state index contributed by atoms with van der Waals surface area (Å²) in [4.78, 5) is 0. The molecule has 0 saturated heterocycles. The SMILES string of the molecule is CCO.CCO.O.O.[Ti]. The molecule has 0 rings (SSSR count). The molecule has 0 heterocycles. The van der Waals surface area contributed by atoms with Crippen molar-refractivity contribution in [3.05, 3.63) is 0 Å². The third-order valence-electron chi connectivity index (χ3n) is 0. The molecule has 0 fully saturated rings. The molecule has 0 unspecified atom stereocenters. The standard InChI is InChI=1S/2C2H6O.2H2O.Ti/c2*1-2-3;;;/h2*3H,2H2,1H3;2*1H2;. The van der Waals surface area contributed by atoms with Gasteiger partial charge < -0.3 is 21.2 Å². The summed E-state index contributed by atoms with van der Waals surface area (Å²) in [5.74, 6) is 0. The van der Waals surface area contributed by atoms with Crippen LogP contribution in [0.1, 0.15) is 13.8 Å². The molecule has 0 radical (unpaired) electrons. The van der Waals surface area contributed by atoms with Gasteiger partial charge in [-0.1, -0.05) is 0 Å². The van der Waals surface area contributed by atoms with Gasteiger partial charge in [0.25, 0.3) is 0 Å². The zero-order valence-electron chi connectivity index (χ0n) is 5.81. The molecule has 0 aliphatic carbocycles. The summed E-state index contributed by atoms with van der Waals surface area (Å²) in [6.07, 6.45) is 0. The van der Waals surface area contributed by atoms with E-state index in [-0.39, 0.29) is 45.9 Å². The third-order valence-corrected chi connectivity index (χ3v) is 0. The molecule has 0 bridgehead atoms. The van der Waals surface area contributed by atoms with Crippen molar-refractivity contribution in [3.8, 4) is 0 Å². The molecule has 5 heteroatoms.